The first-order valence-corrected chi connectivity index (χ1v) is 5.03. The summed E-state index contributed by atoms with van der Waals surface area (Å²) in [6.07, 6.45) is -4.52. The van der Waals surface area contributed by atoms with Crippen LogP contribution in [0.1, 0.15) is 27.7 Å². The van der Waals surface area contributed by atoms with Gasteiger partial charge in [0.2, 0.25) is 0 Å². The molecule has 0 saturated heterocycles. The van der Waals surface area contributed by atoms with E-state index < -0.39 is 6.36 Å². The van der Waals surface area contributed by atoms with Gasteiger partial charge in [0.15, 0.2) is 0 Å². The van der Waals surface area contributed by atoms with E-state index in [0.717, 1.165) is 0 Å². The lowest BCUT2D eigenvalue weighted by atomic mass is 10.0. The Kier molecular flexibility index (Phi) is 3.09. The topological polar surface area (TPSA) is 21.3 Å². The van der Waals surface area contributed by atoms with Crippen LogP contribution in [0.5, 0.6) is 0 Å². The number of ether oxygens (including phenoxy) is 1. The van der Waals surface area contributed by atoms with Crippen molar-refractivity contribution in [2.75, 3.05) is 13.2 Å². The van der Waals surface area contributed by atoms with Gasteiger partial charge in [0, 0.05) is 12.6 Å². The molecule has 1 N–H and O–H groups in total. The van der Waals surface area contributed by atoms with Gasteiger partial charge in [0.1, 0.15) is 0 Å². The Hall–Kier alpha value is -0.290. The molecule has 1 fully saturated rings. The van der Waals surface area contributed by atoms with Gasteiger partial charge in [-0.3, -0.25) is 4.74 Å². The quantitative estimate of drug-likeness (QED) is 0.742. The SMILES string of the molecule is CC1(C)C(NCCOC(F)(F)F)C1(C)C. The van der Waals surface area contributed by atoms with Crippen molar-refractivity contribution in [3.05, 3.63) is 0 Å². The van der Waals surface area contributed by atoms with Crippen molar-refractivity contribution in [1.82, 2.24) is 5.32 Å². The molecule has 0 bridgehead atoms. The van der Waals surface area contributed by atoms with Gasteiger partial charge in [0.05, 0.1) is 6.61 Å². The monoisotopic (exact) mass is 225 g/mol. The van der Waals surface area contributed by atoms with Crippen LogP contribution in [0, 0.1) is 10.8 Å². The summed E-state index contributed by atoms with van der Waals surface area (Å²) in [6.45, 7) is 8.33. The molecule has 1 aliphatic rings. The van der Waals surface area contributed by atoms with Crippen molar-refractivity contribution in [2.45, 2.75) is 40.1 Å². The molecule has 0 amide bonds. The van der Waals surface area contributed by atoms with Crippen LogP contribution in [-0.4, -0.2) is 25.6 Å². The maximum Gasteiger partial charge on any atom is 0.522 e. The Labute approximate surface area is 88.2 Å². The van der Waals surface area contributed by atoms with Crippen LogP contribution in [0.4, 0.5) is 13.2 Å². The Morgan fingerprint density at radius 2 is 1.60 bits per heavy atom. The molecule has 1 saturated carbocycles. The van der Waals surface area contributed by atoms with E-state index in [1.807, 2.05) is 0 Å². The molecule has 5 heteroatoms. The molecule has 0 atom stereocenters. The number of nitrogens with one attached hydrogen (secondary N) is 1. The van der Waals surface area contributed by atoms with Gasteiger partial charge in [-0.05, 0) is 10.8 Å². The van der Waals surface area contributed by atoms with E-state index in [4.69, 9.17) is 0 Å². The highest BCUT2D eigenvalue weighted by Crippen LogP contribution is 2.62. The third-order valence-electron chi connectivity index (χ3n) is 3.74. The normalized spacial score (nSPS) is 24.2. The van der Waals surface area contributed by atoms with Crippen molar-refractivity contribution >= 4 is 0 Å². The summed E-state index contributed by atoms with van der Waals surface area (Å²) in [4.78, 5) is 0. The van der Waals surface area contributed by atoms with Crippen molar-refractivity contribution in [3.8, 4) is 0 Å². The minimum absolute atomic E-state index is 0.144. The molecule has 0 unspecified atom stereocenters. The van der Waals surface area contributed by atoms with Crippen molar-refractivity contribution in [1.29, 1.82) is 0 Å². The Bertz CT molecular complexity index is 221. The molecule has 15 heavy (non-hydrogen) atoms. The second-order valence-electron chi connectivity index (χ2n) is 5.12. The summed E-state index contributed by atoms with van der Waals surface area (Å²) in [6, 6.07) is 0.266. The third-order valence-corrected chi connectivity index (χ3v) is 3.74. The minimum Gasteiger partial charge on any atom is -0.311 e. The van der Waals surface area contributed by atoms with Gasteiger partial charge in [-0.15, -0.1) is 13.2 Å². The first-order valence-electron chi connectivity index (χ1n) is 5.03. The summed E-state index contributed by atoms with van der Waals surface area (Å²) in [5, 5.41) is 3.08. The molecule has 0 aromatic heterocycles. The largest absolute Gasteiger partial charge is 0.522 e. The van der Waals surface area contributed by atoms with Gasteiger partial charge in [-0.2, -0.15) is 0 Å². The van der Waals surface area contributed by atoms with Crippen LogP contribution in [0.3, 0.4) is 0 Å². The standard InChI is InChI=1S/C10H18F3NO/c1-8(2)7(9(8,3)4)14-5-6-15-10(11,12)13/h7,14H,5-6H2,1-4H3. The minimum atomic E-state index is -4.52. The number of alkyl halides is 3. The Morgan fingerprint density at radius 1 is 1.13 bits per heavy atom. The zero-order valence-electron chi connectivity index (χ0n) is 9.53. The summed E-state index contributed by atoms with van der Waals surface area (Å²) in [5.41, 5.74) is 0.288. The highest BCUT2D eigenvalue weighted by atomic mass is 19.4. The summed E-state index contributed by atoms with van der Waals surface area (Å²) >= 11 is 0. The molecule has 0 spiro atoms. The molecular formula is C10H18F3NO. The van der Waals surface area contributed by atoms with Gasteiger partial charge in [0.25, 0.3) is 0 Å². The second kappa shape index (κ2) is 3.63. The first-order chi connectivity index (χ1) is 6.59. The first kappa shape index (κ1) is 12.8. The molecule has 1 aliphatic carbocycles. The molecule has 1 rings (SSSR count). The lowest BCUT2D eigenvalue weighted by Crippen LogP contribution is -2.28. The van der Waals surface area contributed by atoms with E-state index in [2.05, 4.69) is 37.7 Å². The summed E-state index contributed by atoms with van der Waals surface area (Å²) in [7, 11) is 0. The van der Waals surface area contributed by atoms with E-state index in [1.165, 1.54) is 0 Å². The van der Waals surface area contributed by atoms with Crippen LogP contribution < -0.4 is 5.32 Å². The maximum atomic E-state index is 11.6. The van der Waals surface area contributed by atoms with E-state index in [0.29, 0.717) is 0 Å². The number of hydrogen-bond acceptors (Lipinski definition) is 2. The zero-order valence-corrected chi connectivity index (χ0v) is 9.53. The molecule has 0 aliphatic heterocycles. The molecule has 0 radical (unpaired) electrons. The number of rotatable bonds is 4. The predicted octanol–water partition coefficient (Wildman–Crippen LogP) is 2.55. The van der Waals surface area contributed by atoms with Gasteiger partial charge in [-0.25, -0.2) is 0 Å². The molecule has 0 aromatic rings. The molecule has 0 aromatic carbocycles. The fourth-order valence-electron chi connectivity index (χ4n) is 2.08. The van der Waals surface area contributed by atoms with E-state index in [9.17, 15) is 13.2 Å². The summed E-state index contributed by atoms with van der Waals surface area (Å²) in [5.74, 6) is 0. The van der Waals surface area contributed by atoms with Crippen LogP contribution in [-0.2, 0) is 4.74 Å². The highest BCUT2D eigenvalue weighted by Gasteiger charge is 2.64. The van der Waals surface area contributed by atoms with Crippen molar-refractivity contribution < 1.29 is 17.9 Å². The maximum absolute atomic E-state index is 11.6. The Balaban J connectivity index is 2.19. The van der Waals surface area contributed by atoms with E-state index in [1.54, 1.807) is 0 Å². The molecule has 2 nitrogen and oxygen atoms in total. The highest BCUT2D eigenvalue weighted by molar-refractivity contribution is 5.17. The van der Waals surface area contributed by atoms with Gasteiger partial charge < -0.3 is 5.32 Å². The van der Waals surface area contributed by atoms with Crippen LogP contribution in [0.25, 0.3) is 0 Å². The summed E-state index contributed by atoms with van der Waals surface area (Å²) < 4.78 is 38.6. The van der Waals surface area contributed by atoms with Crippen LogP contribution in [0.2, 0.25) is 0 Å². The average molecular weight is 225 g/mol. The van der Waals surface area contributed by atoms with Gasteiger partial charge >= 0.3 is 6.36 Å². The predicted molar refractivity (Wildman–Crippen MR) is 51.4 cm³/mol. The second-order valence-corrected chi connectivity index (χ2v) is 5.12. The fourth-order valence-corrected chi connectivity index (χ4v) is 2.08. The van der Waals surface area contributed by atoms with Crippen LogP contribution >= 0.6 is 0 Å². The van der Waals surface area contributed by atoms with Gasteiger partial charge in [-0.1, -0.05) is 27.7 Å². The lowest BCUT2D eigenvalue weighted by Gasteiger charge is -2.09. The zero-order chi connectivity index (χ0) is 11.9. The average Bonchev–Trinajstić information content (AvgIpc) is 2.36. The number of halogens is 3. The lowest BCUT2D eigenvalue weighted by molar-refractivity contribution is -0.323. The van der Waals surface area contributed by atoms with Crippen molar-refractivity contribution in [3.63, 3.8) is 0 Å². The third kappa shape index (κ3) is 2.64. The number of hydrogen-bond donors (Lipinski definition) is 1. The molecule has 0 heterocycles. The van der Waals surface area contributed by atoms with E-state index in [-0.39, 0.29) is 30.0 Å². The smallest absolute Gasteiger partial charge is 0.311 e. The van der Waals surface area contributed by atoms with E-state index >= 15 is 0 Å². The molecule has 90 valence electrons. The van der Waals surface area contributed by atoms with Crippen molar-refractivity contribution in [2.24, 2.45) is 10.8 Å². The van der Waals surface area contributed by atoms with Crippen LogP contribution in [0.15, 0.2) is 0 Å². The Morgan fingerprint density at radius 3 is 1.93 bits per heavy atom. The molecular weight excluding hydrogens is 207 g/mol. The fraction of sp³-hybridized carbons (Fsp3) is 1.00.